The van der Waals surface area contributed by atoms with Gasteiger partial charge in [0.15, 0.2) is 0 Å². The molecule has 3 heteroatoms. The number of hydrogen-bond acceptors (Lipinski definition) is 3. The Bertz CT molecular complexity index is 350. The van der Waals surface area contributed by atoms with E-state index < -0.39 is 0 Å². The molecule has 16 heavy (non-hydrogen) atoms. The first kappa shape index (κ1) is 11.1. The van der Waals surface area contributed by atoms with Crippen molar-refractivity contribution in [3.63, 3.8) is 0 Å². The van der Waals surface area contributed by atoms with Crippen LogP contribution in [0.2, 0.25) is 0 Å². The molecule has 0 radical (unpaired) electrons. The van der Waals surface area contributed by atoms with Gasteiger partial charge in [-0.1, -0.05) is 30.3 Å². The van der Waals surface area contributed by atoms with Gasteiger partial charge < -0.3 is 9.64 Å². The summed E-state index contributed by atoms with van der Waals surface area (Å²) in [6.45, 7) is 2.13. The normalized spacial score (nSPS) is 22.6. The molecule has 1 unspecified atom stereocenters. The molecule has 0 spiro atoms. The molecule has 0 bridgehead atoms. The third kappa shape index (κ3) is 2.83. The Morgan fingerprint density at radius 1 is 1.38 bits per heavy atom. The van der Waals surface area contributed by atoms with Crippen LogP contribution in [0.1, 0.15) is 5.56 Å². The first-order valence-corrected chi connectivity index (χ1v) is 5.65. The molecule has 2 rings (SSSR count). The molecule has 1 heterocycles. The van der Waals surface area contributed by atoms with Crippen LogP contribution in [0.25, 0.3) is 0 Å². The van der Waals surface area contributed by atoms with E-state index in [1.807, 2.05) is 25.2 Å². The van der Waals surface area contributed by atoms with Crippen molar-refractivity contribution in [1.82, 2.24) is 4.90 Å². The maximum absolute atomic E-state index is 11.7. The summed E-state index contributed by atoms with van der Waals surface area (Å²) < 4.78 is 5.18. The maximum atomic E-state index is 11.7. The predicted molar refractivity (Wildman–Crippen MR) is 62.1 cm³/mol. The van der Waals surface area contributed by atoms with Gasteiger partial charge in [0.1, 0.15) is 6.61 Å². The van der Waals surface area contributed by atoms with Crippen LogP contribution >= 0.6 is 0 Å². The second kappa shape index (κ2) is 5.12. The van der Waals surface area contributed by atoms with Gasteiger partial charge in [-0.25, -0.2) is 0 Å². The maximum Gasteiger partial charge on any atom is 0.310 e. The smallest absolute Gasteiger partial charge is 0.310 e. The van der Waals surface area contributed by atoms with Gasteiger partial charge in [-0.2, -0.15) is 0 Å². The zero-order chi connectivity index (χ0) is 11.4. The van der Waals surface area contributed by atoms with Crippen molar-refractivity contribution in [3.05, 3.63) is 35.9 Å². The average Bonchev–Trinajstić information content (AvgIpc) is 2.43. The van der Waals surface area contributed by atoms with E-state index in [2.05, 4.69) is 17.0 Å². The molecular formula is C13H17NO2. The first-order chi connectivity index (χ1) is 7.75. The SMILES string of the molecule is CN1CCOC(=O)C(Cc2ccccc2)C1. The molecule has 1 atom stereocenters. The highest BCUT2D eigenvalue weighted by Gasteiger charge is 2.24. The molecule has 1 fully saturated rings. The highest BCUT2D eigenvalue weighted by molar-refractivity contribution is 5.73. The fourth-order valence-electron chi connectivity index (χ4n) is 2.01. The van der Waals surface area contributed by atoms with Crippen LogP contribution in [0, 0.1) is 5.92 Å². The van der Waals surface area contributed by atoms with Crippen molar-refractivity contribution >= 4 is 5.97 Å². The van der Waals surface area contributed by atoms with Gasteiger partial charge in [0.25, 0.3) is 0 Å². The summed E-state index contributed by atoms with van der Waals surface area (Å²) in [5, 5.41) is 0. The van der Waals surface area contributed by atoms with Crippen molar-refractivity contribution in [2.24, 2.45) is 5.92 Å². The van der Waals surface area contributed by atoms with E-state index in [1.54, 1.807) is 0 Å². The fraction of sp³-hybridized carbons (Fsp3) is 0.462. The number of cyclic esters (lactones) is 1. The Hall–Kier alpha value is -1.35. The highest BCUT2D eigenvalue weighted by atomic mass is 16.5. The molecule has 0 saturated carbocycles. The fourth-order valence-corrected chi connectivity index (χ4v) is 2.01. The second-order valence-corrected chi connectivity index (χ2v) is 4.32. The number of hydrogen-bond donors (Lipinski definition) is 0. The minimum atomic E-state index is -0.0618. The van der Waals surface area contributed by atoms with E-state index in [1.165, 1.54) is 5.56 Å². The lowest BCUT2D eigenvalue weighted by Gasteiger charge is -2.16. The number of carbonyl (C=O) groups excluding carboxylic acids is 1. The summed E-state index contributed by atoms with van der Waals surface area (Å²) in [6, 6.07) is 10.1. The van der Waals surface area contributed by atoms with E-state index in [0.29, 0.717) is 6.61 Å². The van der Waals surface area contributed by atoms with Gasteiger partial charge in [0.2, 0.25) is 0 Å². The molecule has 0 aromatic heterocycles. The Labute approximate surface area is 96.0 Å². The predicted octanol–water partition coefficient (Wildman–Crippen LogP) is 1.33. The molecular weight excluding hydrogens is 202 g/mol. The Kier molecular flexibility index (Phi) is 3.57. The first-order valence-electron chi connectivity index (χ1n) is 5.65. The number of likely N-dealkylation sites (N-methyl/N-ethyl adjacent to an activating group) is 1. The molecule has 1 aromatic rings. The number of ether oxygens (including phenoxy) is 1. The van der Waals surface area contributed by atoms with E-state index >= 15 is 0 Å². The number of nitrogens with zero attached hydrogens (tertiary/aromatic N) is 1. The molecule has 1 saturated heterocycles. The van der Waals surface area contributed by atoms with Gasteiger partial charge in [-0.3, -0.25) is 4.79 Å². The zero-order valence-corrected chi connectivity index (χ0v) is 9.56. The van der Waals surface area contributed by atoms with Gasteiger partial charge >= 0.3 is 5.97 Å². The summed E-state index contributed by atoms with van der Waals surface area (Å²) in [6.07, 6.45) is 0.768. The largest absolute Gasteiger partial charge is 0.464 e. The van der Waals surface area contributed by atoms with Crippen LogP contribution in [0.4, 0.5) is 0 Å². The van der Waals surface area contributed by atoms with Crippen molar-refractivity contribution < 1.29 is 9.53 Å². The summed E-state index contributed by atoms with van der Waals surface area (Å²) >= 11 is 0. The molecule has 86 valence electrons. The number of rotatable bonds is 2. The van der Waals surface area contributed by atoms with Crippen molar-refractivity contribution in [1.29, 1.82) is 0 Å². The molecule has 3 nitrogen and oxygen atoms in total. The quantitative estimate of drug-likeness (QED) is 0.703. The lowest BCUT2D eigenvalue weighted by atomic mass is 9.99. The van der Waals surface area contributed by atoms with Crippen LogP contribution < -0.4 is 0 Å². The van der Waals surface area contributed by atoms with Crippen LogP contribution in [0.15, 0.2) is 30.3 Å². The summed E-state index contributed by atoms with van der Waals surface area (Å²) in [4.78, 5) is 13.9. The van der Waals surface area contributed by atoms with Crippen molar-refractivity contribution in [2.75, 3.05) is 26.7 Å². The van der Waals surface area contributed by atoms with Gasteiger partial charge in [-0.15, -0.1) is 0 Å². The van der Waals surface area contributed by atoms with Crippen molar-refractivity contribution in [2.45, 2.75) is 6.42 Å². The van der Waals surface area contributed by atoms with Gasteiger partial charge in [0, 0.05) is 13.1 Å². The number of esters is 1. The Balaban J connectivity index is 2.04. The molecule has 0 N–H and O–H groups in total. The Morgan fingerprint density at radius 3 is 2.88 bits per heavy atom. The van der Waals surface area contributed by atoms with Crippen LogP contribution in [-0.4, -0.2) is 37.6 Å². The minimum Gasteiger partial charge on any atom is -0.464 e. The number of carbonyl (C=O) groups is 1. The third-order valence-corrected chi connectivity index (χ3v) is 2.91. The van der Waals surface area contributed by atoms with E-state index in [-0.39, 0.29) is 11.9 Å². The lowest BCUT2D eigenvalue weighted by Crippen LogP contribution is -2.29. The lowest BCUT2D eigenvalue weighted by molar-refractivity contribution is -0.146. The van der Waals surface area contributed by atoms with Gasteiger partial charge in [0.05, 0.1) is 5.92 Å². The van der Waals surface area contributed by atoms with E-state index in [0.717, 1.165) is 19.5 Å². The van der Waals surface area contributed by atoms with Gasteiger partial charge in [-0.05, 0) is 19.0 Å². The van der Waals surface area contributed by atoms with Crippen LogP contribution in [0.5, 0.6) is 0 Å². The van der Waals surface area contributed by atoms with E-state index in [9.17, 15) is 4.79 Å². The van der Waals surface area contributed by atoms with Crippen molar-refractivity contribution in [3.8, 4) is 0 Å². The molecule has 0 aliphatic carbocycles. The summed E-state index contributed by atoms with van der Waals surface area (Å²) in [5.41, 5.74) is 1.19. The summed E-state index contributed by atoms with van der Waals surface area (Å²) in [5.74, 6) is -0.0943. The Morgan fingerprint density at radius 2 is 2.12 bits per heavy atom. The number of benzene rings is 1. The molecule has 1 aliphatic heterocycles. The zero-order valence-electron chi connectivity index (χ0n) is 9.56. The van der Waals surface area contributed by atoms with Crippen LogP contribution in [-0.2, 0) is 16.0 Å². The topological polar surface area (TPSA) is 29.5 Å². The standard InChI is InChI=1S/C13H17NO2/c1-14-7-8-16-13(15)12(10-14)9-11-5-3-2-4-6-11/h2-6,12H,7-10H2,1H3. The average molecular weight is 219 g/mol. The minimum absolute atomic E-state index is 0.0325. The van der Waals surface area contributed by atoms with Crippen LogP contribution in [0.3, 0.4) is 0 Å². The molecule has 0 amide bonds. The molecule has 1 aliphatic rings. The third-order valence-electron chi connectivity index (χ3n) is 2.91. The highest BCUT2D eigenvalue weighted by Crippen LogP contribution is 2.14. The summed E-state index contributed by atoms with van der Waals surface area (Å²) in [7, 11) is 2.03. The molecule has 1 aromatic carbocycles. The second-order valence-electron chi connectivity index (χ2n) is 4.32. The monoisotopic (exact) mass is 219 g/mol. The van der Waals surface area contributed by atoms with E-state index in [4.69, 9.17) is 4.74 Å².